The van der Waals surface area contributed by atoms with Crippen LogP contribution in [0.1, 0.15) is 45.6 Å². The molecule has 3 saturated carbocycles. The van der Waals surface area contributed by atoms with Gasteiger partial charge in [-0.2, -0.15) is 0 Å². The molecule has 0 spiro atoms. The maximum atomic E-state index is 12.5. The monoisotopic (exact) mass is 254 g/mol. The van der Waals surface area contributed by atoms with E-state index in [-0.39, 0.29) is 16.2 Å². The minimum Gasteiger partial charge on any atom is -0.299 e. The van der Waals surface area contributed by atoms with Gasteiger partial charge in [-0.3, -0.25) is 4.79 Å². The Morgan fingerprint density at radius 1 is 1.11 bits per heavy atom. The SMILES string of the molecule is CC(=O)[C@]12[C@@H]3CCC[C@@H]3[C@@]1(c1ccccc1)C2(C)C. The lowest BCUT2D eigenvalue weighted by Crippen LogP contribution is -2.49. The minimum atomic E-state index is -0.0531. The highest BCUT2D eigenvalue weighted by Gasteiger charge is 2.96. The molecule has 0 amide bonds. The zero-order valence-corrected chi connectivity index (χ0v) is 12.1. The molecule has 0 bridgehead atoms. The summed E-state index contributed by atoms with van der Waals surface area (Å²) in [4.78, 5) is 12.5. The molecule has 1 nitrogen and oxygen atoms in total. The van der Waals surface area contributed by atoms with Gasteiger partial charge in [-0.05, 0) is 42.6 Å². The van der Waals surface area contributed by atoms with E-state index in [4.69, 9.17) is 0 Å². The molecule has 0 heterocycles. The van der Waals surface area contributed by atoms with Crippen LogP contribution in [0.25, 0.3) is 0 Å². The van der Waals surface area contributed by atoms with Crippen LogP contribution in [0.15, 0.2) is 30.3 Å². The summed E-state index contributed by atoms with van der Waals surface area (Å²) in [5, 5.41) is 0. The Kier molecular flexibility index (Phi) is 1.93. The Bertz CT molecular complexity index is 558. The Morgan fingerprint density at radius 3 is 2.37 bits per heavy atom. The van der Waals surface area contributed by atoms with Crippen molar-refractivity contribution in [2.45, 2.75) is 45.4 Å². The fraction of sp³-hybridized carbons (Fsp3) is 0.611. The van der Waals surface area contributed by atoms with E-state index in [2.05, 4.69) is 44.2 Å². The van der Waals surface area contributed by atoms with E-state index in [1.54, 1.807) is 0 Å². The summed E-state index contributed by atoms with van der Waals surface area (Å²) in [6.45, 7) is 6.50. The van der Waals surface area contributed by atoms with Crippen molar-refractivity contribution in [1.29, 1.82) is 0 Å². The molecular formula is C18H22O. The number of hydrogen-bond acceptors (Lipinski definition) is 1. The highest BCUT2D eigenvalue weighted by molar-refractivity contribution is 5.94. The first-order valence-corrected chi connectivity index (χ1v) is 7.59. The number of benzene rings is 1. The Balaban J connectivity index is 1.94. The van der Waals surface area contributed by atoms with Gasteiger partial charge in [-0.15, -0.1) is 0 Å². The quantitative estimate of drug-likeness (QED) is 0.780. The lowest BCUT2D eigenvalue weighted by molar-refractivity contribution is -0.132. The van der Waals surface area contributed by atoms with Gasteiger partial charge in [0.25, 0.3) is 0 Å². The number of carbonyl (C=O) groups excluding carboxylic acids is 1. The summed E-state index contributed by atoms with van der Waals surface area (Å²) in [5.41, 5.74) is 1.65. The molecule has 100 valence electrons. The number of rotatable bonds is 2. The second-order valence-corrected chi connectivity index (χ2v) is 7.31. The van der Waals surface area contributed by atoms with Crippen molar-refractivity contribution >= 4 is 5.78 Å². The van der Waals surface area contributed by atoms with Crippen molar-refractivity contribution < 1.29 is 4.79 Å². The first kappa shape index (κ1) is 11.7. The van der Waals surface area contributed by atoms with Crippen molar-refractivity contribution in [1.82, 2.24) is 0 Å². The minimum absolute atomic E-state index is 0.0531. The van der Waals surface area contributed by atoms with Gasteiger partial charge < -0.3 is 0 Å². The predicted octanol–water partition coefficient (Wildman–Crippen LogP) is 3.97. The average Bonchev–Trinajstić information content (AvgIpc) is 2.61. The molecule has 0 N–H and O–H groups in total. The molecule has 19 heavy (non-hydrogen) atoms. The number of Topliss-reactive ketones (excluding diaryl/α,β-unsaturated/α-hetero) is 1. The van der Waals surface area contributed by atoms with Gasteiger partial charge in [0.05, 0.1) is 0 Å². The summed E-state index contributed by atoms with van der Waals surface area (Å²) in [6, 6.07) is 10.8. The highest BCUT2D eigenvalue weighted by Crippen LogP contribution is 2.95. The molecule has 1 heteroatoms. The molecule has 3 aliphatic carbocycles. The Hall–Kier alpha value is -1.11. The van der Waals surface area contributed by atoms with Gasteiger partial charge in [0, 0.05) is 10.8 Å². The van der Waals surface area contributed by atoms with E-state index < -0.39 is 0 Å². The van der Waals surface area contributed by atoms with E-state index in [0.717, 1.165) is 5.92 Å². The van der Waals surface area contributed by atoms with E-state index in [0.29, 0.717) is 11.7 Å². The maximum Gasteiger partial charge on any atom is 0.137 e. The molecule has 0 unspecified atom stereocenters. The topological polar surface area (TPSA) is 17.1 Å². The Morgan fingerprint density at radius 2 is 1.74 bits per heavy atom. The van der Waals surface area contributed by atoms with E-state index >= 15 is 0 Å². The number of carbonyl (C=O) groups is 1. The highest BCUT2D eigenvalue weighted by atomic mass is 16.1. The molecule has 0 aliphatic heterocycles. The fourth-order valence-electron chi connectivity index (χ4n) is 6.84. The van der Waals surface area contributed by atoms with Crippen LogP contribution in [-0.2, 0) is 10.2 Å². The van der Waals surface area contributed by atoms with Crippen molar-refractivity contribution in [3.8, 4) is 0 Å². The van der Waals surface area contributed by atoms with Crippen molar-refractivity contribution in [3.63, 3.8) is 0 Å². The third kappa shape index (κ3) is 0.863. The molecule has 0 aromatic heterocycles. The fourth-order valence-corrected chi connectivity index (χ4v) is 6.84. The van der Waals surface area contributed by atoms with Crippen molar-refractivity contribution in [3.05, 3.63) is 35.9 Å². The molecular weight excluding hydrogens is 232 g/mol. The molecule has 1 aromatic rings. The average molecular weight is 254 g/mol. The molecule has 1 aromatic carbocycles. The van der Waals surface area contributed by atoms with E-state index in [1.165, 1.54) is 24.8 Å². The number of hydrogen-bond donors (Lipinski definition) is 0. The van der Waals surface area contributed by atoms with E-state index in [1.807, 2.05) is 6.92 Å². The van der Waals surface area contributed by atoms with Crippen LogP contribution in [0.2, 0.25) is 0 Å². The lowest BCUT2D eigenvalue weighted by atomic mass is 9.55. The lowest BCUT2D eigenvalue weighted by Gasteiger charge is -2.47. The summed E-state index contributed by atoms with van der Waals surface area (Å²) >= 11 is 0. The van der Waals surface area contributed by atoms with Gasteiger partial charge in [0.1, 0.15) is 5.78 Å². The van der Waals surface area contributed by atoms with Crippen LogP contribution in [-0.4, -0.2) is 5.78 Å². The second kappa shape index (κ2) is 3.13. The van der Waals surface area contributed by atoms with Gasteiger partial charge in [0.15, 0.2) is 0 Å². The molecule has 3 fully saturated rings. The molecule has 4 atom stereocenters. The molecule has 0 saturated heterocycles. The van der Waals surface area contributed by atoms with Crippen LogP contribution >= 0.6 is 0 Å². The zero-order chi connectivity index (χ0) is 13.5. The van der Waals surface area contributed by atoms with Crippen LogP contribution in [0.4, 0.5) is 0 Å². The third-order valence-electron chi connectivity index (χ3n) is 6.94. The van der Waals surface area contributed by atoms with Crippen molar-refractivity contribution in [2.24, 2.45) is 22.7 Å². The standard InChI is InChI=1S/C18H22O/c1-12(19)17-14-10-7-11-15(14)18(17,16(17,2)3)13-8-5-4-6-9-13/h4-6,8-9,14-15H,7,10-11H2,1-3H3/t14-,15+,17-,18+/m1/s1. The number of ketones is 1. The summed E-state index contributed by atoms with van der Waals surface area (Å²) in [7, 11) is 0. The van der Waals surface area contributed by atoms with Crippen LogP contribution in [0.3, 0.4) is 0 Å². The smallest absolute Gasteiger partial charge is 0.137 e. The van der Waals surface area contributed by atoms with Crippen LogP contribution < -0.4 is 0 Å². The molecule has 3 aliphatic rings. The third-order valence-corrected chi connectivity index (χ3v) is 6.94. The molecule has 0 radical (unpaired) electrons. The first-order valence-electron chi connectivity index (χ1n) is 7.59. The number of fused-ring (bicyclic) bond motifs is 4. The Labute approximate surface area is 115 Å². The maximum absolute atomic E-state index is 12.5. The van der Waals surface area contributed by atoms with E-state index in [9.17, 15) is 4.79 Å². The summed E-state index contributed by atoms with van der Waals surface area (Å²) in [6.07, 6.45) is 3.90. The second-order valence-electron chi connectivity index (χ2n) is 7.31. The first-order chi connectivity index (χ1) is 9.03. The normalized spacial score (nSPS) is 45.0. The van der Waals surface area contributed by atoms with Gasteiger partial charge >= 0.3 is 0 Å². The summed E-state index contributed by atoms with van der Waals surface area (Å²) < 4.78 is 0. The van der Waals surface area contributed by atoms with Gasteiger partial charge in [-0.25, -0.2) is 0 Å². The predicted molar refractivity (Wildman–Crippen MR) is 75.8 cm³/mol. The molecule has 4 rings (SSSR count). The van der Waals surface area contributed by atoms with Crippen LogP contribution in [0, 0.1) is 22.7 Å². The van der Waals surface area contributed by atoms with Gasteiger partial charge in [-0.1, -0.05) is 50.6 Å². The van der Waals surface area contributed by atoms with Crippen molar-refractivity contribution in [2.75, 3.05) is 0 Å². The van der Waals surface area contributed by atoms with Crippen LogP contribution in [0.5, 0.6) is 0 Å². The van der Waals surface area contributed by atoms with Gasteiger partial charge in [0.2, 0.25) is 0 Å². The summed E-state index contributed by atoms with van der Waals surface area (Å²) in [5.74, 6) is 1.83. The zero-order valence-electron chi connectivity index (χ0n) is 12.1. The largest absolute Gasteiger partial charge is 0.299 e.